The average Bonchev–Trinajstić information content (AvgIpc) is 3.34. The Balaban J connectivity index is 1.23. The average molecular weight is 312 g/mol. The zero-order valence-corrected chi connectivity index (χ0v) is 13.8. The maximum absolute atomic E-state index is 9.42. The molecular weight excluding hydrogens is 280 g/mol. The molecule has 0 aromatic carbocycles. The maximum Gasteiger partial charge on any atom is 0.0991 e. The van der Waals surface area contributed by atoms with E-state index >= 15 is 0 Å². The lowest BCUT2D eigenvalue weighted by Crippen LogP contribution is -2.49. The Morgan fingerprint density at radius 1 is 0.909 bits per heavy atom. The molecule has 2 N–H and O–H groups in total. The molecule has 128 valence electrons. The number of ether oxygens (including phenoxy) is 1. The molecule has 3 rings (SSSR count). The first kappa shape index (κ1) is 16.6. The molecule has 6 nitrogen and oxygen atoms in total. The molecule has 3 fully saturated rings. The highest BCUT2D eigenvalue weighted by Crippen LogP contribution is 2.45. The quantitative estimate of drug-likeness (QED) is 0.576. The Hall–Kier alpha value is -0.240. The van der Waals surface area contributed by atoms with Crippen molar-refractivity contribution >= 4 is 0 Å². The zero-order valence-electron chi connectivity index (χ0n) is 13.8. The van der Waals surface area contributed by atoms with E-state index < -0.39 is 0 Å². The van der Waals surface area contributed by atoms with Gasteiger partial charge >= 0.3 is 0 Å². The fourth-order valence-electron chi connectivity index (χ4n) is 3.42. The number of aliphatic hydroxyl groups excluding tert-OH is 1. The summed E-state index contributed by atoms with van der Waals surface area (Å²) in [5.41, 5.74) is 0.252. The van der Waals surface area contributed by atoms with Gasteiger partial charge in [0.1, 0.15) is 0 Å². The number of piperazine rings is 2. The molecule has 0 unspecified atom stereocenters. The smallest absolute Gasteiger partial charge is 0.0991 e. The topological polar surface area (TPSA) is 51.2 Å². The van der Waals surface area contributed by atoms with E-state index in [-0.39, 0.29) is 5.41 Å². The second-order valence-corrected chi connectivity index (χ2v) is 7.18. The van der Waals surface area contributed by atoms with Crippen LogP contribution < -0.4 is 5.32 Å². The maximum atomic E-state index is 9.42. The molecule has 2 aliphatic heterocycles. The summed E-state index contributed by atoms with van der Waals surface area (Å²) in [5, 5.41) is 12.8. The van der Waals surface area contributed by atoms with Crippen LogP contribution >= 0.6 is 0 Å². The minimum Gasteiger partial charge on any atom is -0.396 e. The summed E-state index contributed by atoms with van der Waals surface area (Å²) in [4.78, 5) is 7.39. The van der Waals surface area contributed by atoms with E-state index in [0.717, 1.165) is 78.8 Å². The van der Waals surface area contributed by atoms with E-state index in [1.807, 2.05) is 0 Å². The van der Waals surface area contributed by atoms with Crippen molar-refractivity contribution in [2.24, 2.45) is 5.41 Å². The van der Waals surface area contributed by atoms with E-state index in [4.69, 9.17) is 4.74 Å². The van der Waals surface area contributed by atoms with Gasteiger partial charge in [-0.25, -0.2) is 0 Å². The van der Waals surface area contributed by atoms with Crippen LogP contribution in [0.2, 0.25) is 0 Å². The highest BCUT2D eigenvalue weighted by atomic mass is 16.5. The minimum atomic E-state index is 0.252. The third-order valence-electron chi connectivity index (χ3n) is 5.35. The first-order valence-corrected chi connectivity index (χ1v) is 8.86. The Labute approximate surface area is 134 Å². The SMILES string of the molecule is OCC1(CN2CCN(COCCN3CCNCC3)CC2)CC1. The summed E-state index contributed by atoms with van der Waals surface area (Å²) >= 11 is 0. The summed E-state index contributed by atoms with van der Waals surface area (Å²) in [6.07, 6.45) is 2.41. The number of nitrogens with one attached hydrogen (secondary N) is 1. The van der Waals surface area contributed by atoms with Gasteiger partial charge in [-0.3, -0.25) is 9.80 Å². The Bertz CT molecular complexity index is 324. The van der Waals surface area contributed by atoms with Crippen molar-refractivity contribution in [1.82, 2.24) is 20.0 Å². The van der Waals surface area contributed by atoms with Crippen molar-refractivity contribution in [3.05, 3.63) is 0 Å². The minimum absolute atomic E-state index is 0.252. The van der Waals surface area contributed by atoms with Crippen molar-refractivity contribution < 1.29 is 9.84 Å². The zero-order chi connectivity index (χ0) is 15.3. The van der Waals surface area contributed by atoms with Crippen LogP contribution in [0.3, 0.4) is 0 Å². The van der Waals surface area contributed by atoms with E-state index in [1.165, 1.54) is 12.8 Å². The summed E-state index contributed by atoms with van der Waals surface area (Å²) in [7, 11) is 0. The lowest BCUT2D eigenvalue weighted by molar-refractivity contribution is -0.00979. The van der Waals surface area contributed by atoms with Gasteiger partial charge in [0.25, 0.3) is 0 Å². The van der Waals surface area contributed by atoms with Gasteiger partial charge in [-0.15, -0.1) is 0 Å². The Morgan fingerprint density at radius 2 is 1.59 bits per heavy atom. The van der Waals surface area contributed by atoms with E-state index in [0.29, 0.717) is 6.61 Å². The molecule has 0 spiro atoms. The molecule has 2 heterocycles. The lowest BCUT2D eigenvalue weighted by atomic mass is 10.1. The molecule has 0 bridgehead atoms. The fraction of sp³-hybridized carbons (Fsp3) is 1.00. The van der Waals surface area contributed by atoms with Gasteiger partial charge in [0.2, 0.25) is 0 Å². The fourth-order valence-corrected chi connectivity index (χ4v) is 3.42. The van der Waals surface area contributed by atoms with Crippen molar-refractivity contribution in [3.8, 4) is 0 Å². The molecular formula is C16H32N4O2. The van der Waals surface area contributed by atoms with E-state index in [9.17, 15) is 5.11 Å². The van der Waals surface area contributed by atoms with Gasteiger partial charge in [0, 0.05) is 77.5 Å². The first-order valence-electron chi connectivity index (χ1n) is 8.86. The Kier molecular flexibility index (Phi) is 6.07. The van der Waals surface area contributed by atoms with Gasteiger partial charge in [-0.2, -0.15) is 0 Å². The van der Waals surface area contributed by atoms with Crippen LogP contribution in [0, 0.1) is 5.41 Å². The second-order valence-electron chi connectivity index (χ2n) is 7.18. The molecule has 0 atom stereocenters. The van der Waals surface area contributed by atoms with Crippen LogP contribution in [-0.2, 0) is 4.74 Å². The predicted octanol–water partition coefficient (Wildman–Crippen LogP) is -0.744. The highest BCUT2D eigenvalue weighted by molar-refractivity contribution is 4.95. The number of rotatable bonds is 8. The third kappa shape index (κ3) is 4.88. The van der Waals surface area contributed by atoms with E-state index in [2.05, 4.69) is 20.0 Å². The van der Waals surface area contributed by atoms with Gasteiger partial charge in [-0.05, 0) is 12.8 Å². The third-order valence-corrected chi connectivity index (χ3v) is 5.35. The second kappa shape index (κ2) is 8.04. The van der Waals surface area contributed by atoms with Crippen LogP contribution in [0.15, 0.2) is 0 Å². The van der Waals surface area contributed by atoms with Crippen molar-refractivity contribution in [2.75, 3.05) is 85.4 Å². The highest BCUT2D eigenvalue weighted by Gasteiger charge is 2.43. The number of nitrogens with zero attached hydrogens (tertiary/aromatic N) is 3. The number of hydrogen-bond acceptors (Lipinski definition) is 6. The normalized spacial score (nSPS) is 27.1. The standard InChI is InChI=1S/C16H32N4O2/c21-14-16(1-2-16)13-19-7-9-20(10-8-19)15-22-12-11-18-5-3-17-4-6-18/h17,21H,1-15H2. The molecule has 0 radical (unpaired) electrons. The van der Waals surface area contributed by atoms with Crippen LogP contribution in [0.4, 0.5) is 0 Å². The molecule has 6 heteroatoms. The van der Waals surface area contributed by atoms with Gasteiger partial charge < -0.3 is 20.1 Å². The predicted molar refractivity (Wildman–Crippen MR) is 86.9 cm³/mol. The molecule has 3 aliphatic rings. The van der Waals surface area contributed by atoms with Crippen molar-refractivity contribution in [3.63, 3.8) is 0 Å². The first-order chi connectivity index (χ1) is 10.8. The van der Waals surface area contributed by atoms with Crippen LogP contribution in [0.25, 0.3) is 0 Å². The largest absolute Gasteiger partial charge is 0.396 e. The van der Waals surface area contributed by atoms with Gasteiger partial charge in [0.15, 0.2) is 0 Å². The molecule has 1 saturated carbocycles. The molecule has 0 aromatic rings. The number of hydrogen-bond donors (Lipinski definition) is 2. The van der Waals surface area contributed by atoms with Crippen LogP contribution in [0.1, 0.15) is 12.8 Å². The number of aliphatic hydroxyl groups is 1. The molecule has 22 heavy (non-hydrogen) atoms. The summed E-state index contributed by atoms with van der Waals surface area (Å²) < 4.78 is 5.85. The molecule has 1 aliphatic carbocycles. The summed E-state index contributed by atoms with van der Waals surface area (Å²) in [6, 6.07) is 0. The molecule has 0 aromatic heterocycles. The molecule has 0 amide bonds. The van der Waals surface area contributed by atoms with Crippen molar-refractivity contribution in [2.45, 2.75) is 12.8 Å². The Morgan fingerprint density at radius 3 is 2.23 bits per heavy atom. The van der Waals surface area contributed by atoms with Crippen LogP contribution in [0.5, 0.6) is 0 Å². The summed E-state index contributed by atoms with van der Waals surface area (Å²) in [6.45, 7) is 13.0. The van der Waals surface area contributed by atoms with Gasteiger partial charge in [0.05, 0.1) is 13.3 Å². The summed E-state index contributed by atoms with van der Waals surface area (Å²) in [5.74, 6) is 0. The van der Waals surface area contributed by atoms with Gasteiger partial charge in [-0.1, -0.05) is 0 Å². The molecule has 2 saturated heterocycles. The van der Waals surface area contributed by atoms with E-state index in [1.54, 1.807) is 0 Å². The van der Waals surface area contributed by atoms with Crippen molar-refractivity contribution in [1.29, 1.82) is 0 Å². The lowest BCUT2D eigenvalue weighted by Gasteiger charge is -2.36. The van der Waals surface area contributed by atoms with Crippen LogP contribution in [-0.4, -0.2) is 105 Å². The monoisotopic (exact) mass is 312 g/mol.